The van der Waals surface area contributed by atoms with Crippen LogP contribution in [0, 0.1) is 30.6 Å². The summed E-state index contributed by atoms with van der Waals surface area (Å²) in [6.07, 6.45) is 11.2. The molecule has 0 aliphatic rings. The zero-order valence-corrected chi connectivity index (χ0v) is 9.10. The maximum atomic E-state index is 11.1. The van der Waals surface area contributed by atoms with Gasteiger partial charge in [-0.15, -0.1) is 24.7 Å². The summed E-state index contributed by atoms with van der Waals surface area (Å²) < 4.78 is -0.814. The lowest BCUT2D eigenvalue weighted by atomic mass is 9.88. The van der Waals surface area contributed by atoms with Crippen LogP contribution in [0.1, 0.15) is 19.8 Å². The third kappa shape index (κ3) is 3.13. The van der Waals surface area contributed by atoms with E-state index in [0.29, 0.717) is 12.8 Å². The number of carbonyl (C=O) groups excluding carboxylic acids is 1. The van der Waals surface area contributed by atoms with Gasteiger partial charge >= 0.3 is 0 Å². The molecule has 0 saturated carbocycles. The fraction of sp³-hybridized carbons (Fsp3) is 0.500. The van der Waals surface area contributed by atoms with Crippen molar-refractivity contribution >= 4 is 21.8 Å². The second-order valence-electron chi connectivity index (χ2n) is 2.95. The Hall–Kier alpha value is -0.930. The lowest BCUT2D eigenvalue weighted by Gasteiger charge is -2.26. The molecule has 3 heteroatoms. The van der Waals surface area contributed by atoms with Gasteiger partial charge in [-0.2, -0.15) is 0 Å². The van der Waals surface area contributed by atoms with Crippen LogP contribution in [0.5, 0.6) is 0 Å². The van der Waals surface area contributed by atoms with Crippen LogP contribution < -0.4 is 5.73 Å². The molecule has 0 saturated heterocycles. The van der Waals surface area contributed by atoms with E-state index in [9.17, 15) is 4.79 Å². The molecular weight excluding hydrogens is 230 g/mol. The van der Waals surface area contributed by atoms with E-state index in [1.807, 2.05) is 0 Å². The molecule has 2 N–H and O–H groups in total. The molecule has 0 rings (SSSR count). The summed E-state index contributed by atoms with van der Waals surface area (Å²) >= 11 is 3.25. The third-order valence-corrected chi connectivity index (χ3v) is 3.02. The Morgan fingerprint density at radius 3 is 2.15 bits per heavy atom. The van der Waals surface area contributed by atoms with Crippen LogP contribution in [-0.4, -0.2) is 10.2 Å². The van der Waals surface area contributed by atoms with Crippen molar-refractivity contribution in [1.82, 2.24) is 0 Å². The van der Waals surface area contributed by atoms with Gasteiger partial charge in [0.15, 0.2) is 0 Å². The predicted molar refractivity (Wildman–Crippen MR) is 56.9 cm³/mol. The minimum absolute atomic E-state index is 0.111. The highest BCUT2D eigenvalue weighted by Gasteiger charge is 2.36. The van der Waals surface area contributed by atoms with Crippen LogP contribution in [0.25, 0.3) is 0 Å². The first kappa shape index (κ1) is 12.1. The summed E-state index contributed by atoms with van der Waals surface area (Å²) in [4.78, 5) is 11.1. The number of terminal acetylenes is 2. The van der Waals surface area contributed by atoms with E-state index in [1.165, 1.54) is 0 Å². The molecule has 70 valence electrons. The largest absolute Gasteiger partial charge is 0.368 e. The standard InChI is InChI=1S/C10H12BrNO/c1-4-6-8(7-5-2)10(3,11)9(12)13/h1-2,8H,6-7H2,3H3,(H2,12,13). The average Bonchev–Trinajstić information content (AvgIpc) is 2.03. The Bertz CT molecular complexity index is 254. The van der Waals surface area contributed by atoms with Gasteiger partial charge in [-0.1, -0.05) is 15.9 Å². The Balaban J connectivity index is 4.65. The Labute approximate surface area is 87.4 Å². The minimum Gasteiger partial charge on any atom is -0.368 e. The van der Waals surface area contributed by atoms with Crippen molar-refractivity contribution in [3.63, 3.8) is 0 Å². The van der Waals surface area contributed by atoms with E-state index < -0.39 is 10.2 Å². The molecule has 1 atom stereocenters. The van der Waals surface area contributed by atoms with Crippen LogP contribution >= 0.6 is 15.9 Å². The molecule has 0 heterocycles. The number of halogens is 1. The SMILES string of the molecule is C#CCC(CC#C)C(C)(Br)C(N)=O. The number of rotatable bonds is 4. The van der Waals surface area contributed by atoms with Gasteiger partial charge in [-0.3, -0.25) is 4.79 Å². The summed E-state index contributed by atoms with van der Waals surface area (Å²) in [7, 11) is 0. The van der Waals surface area contributed by atoms with Crippen molar-refractivity contribution in [3.8, 4) is 24.7 Å². The van der Waals surface area contributed by atoms with Gasteiger partial charge < -0.3 is 5.73 Å². The molecule has 0 aromatic heterocycles. The van der Waals surface area contributed by atoms with Gasteiger partial charge in [0, 0.05) is 18.8 Å². The lowest BCUT2D eigenvalue weighted by Crippen LogP contribution is -2.41. The third-order valence-electron chi connectivity index (χ3n) is 1.98. The molecule has 0 aliphatic heterocycles. The van der Waals surface area contributed by atoms with Gasteiger partial charge in [0.1, 0.15) is 4.32 Å². The Morgan fingerprint density at radius 2 is 1.92 bits per heavy atom. The Kier molecular flexibility index (Phi) is 4.59. The monoisotopic (exact) mass is 241 g/mol. The lowest BCUT2D eigenvalue weighted by molar-refractivity contribution is -0.120. The molecule has 0 radical (unpaired) electrons. The number of carbonyl (C=O) groups is 1. The first-order chi connectivity index (χ1) is 5.96. The summed E-state index contributed by atoms with van der Waals surface area (Å²) in [5.41, 5.74) is 5.21. The predicted octanol–water partition coefficient (Wildman–Crippen LogP) is 1.29. The summed E-state index contributed by atoms with van der Waals surface area (Å²) in [6.45, 7) is 1.69. The van der Waals surface area contributed by atoms with E-state index in [-0.39, 0.29) is 5.92 Å². The van der Waals surface area contributed by atoms with Gasteiger partial charge in [-0.05, 0) is 6.92 Å². The van der Waals surface area contributed by atoms with E-state index in [1.54, 1.807) is 6.92 Å². The average molecular weight is 242 g/mol. The molecule has 13 heavy (non-hydrogen) atoms. The van der Waals surface area contributed by atoms with Crippen molar-refractivity contribution < 1.29 is 4.79 Å². The number of nitrogens with two attached hydrogens (primary N) is 1. The normalized spacial score (nSPS) is 14.2. The van der Waals surface area contributed by atoms with Crippen LogP contribution in [0.3, 0.4) is 0 Å². The molecule has 0 fully saturated rings. The van der Waals surface area contributed by atoms with Crippen LogP contribution in [0.4, 0.5) is 0 Å². The van der Waals surface area contributed by atoms with Gasteiger partial charge in [0.25, 0.3) is 0 Å². The molecule has 0 aromatic rings. The fourth-order valence-corrected chi connectivity index (χ4v) is 1.26. The number of hydrogen-bond donors (Lipinski definition) is 1. The highest BCUT2D eigenvalue weighted by molar-refractivity contribution is 9.10. The van der Waals surface area contributed by atoms with Crippen molar-refractivity contribution in [1.29, 1.82) is 0 Å². The van der Waals surface area contributed by atoms with Gasteiger partial charge in [-0.25, -0.2) is 0 Å². The summed E-state index contributed by atoms with van der Waals surface area (Å²) in [5, 5.41) is 0. The first-order valence-corrected chi connectivity index (χ1v) is 4.61. The molecule has 0 aromatic carbocycles. The van der Waals surface area contributed by atoms with Crippen LogP contribution in [0.2, 0.25) is 0 Å². The topological polar surface area (TPSA) is 43.1 Å². The maximum absolute atomic E-state index is 11.1. The summed E-state index contributed by atoms with van der Waals surface area (Å²) in [5.74, 6) is 4.41. The summed E-state index contributed by atoms with van der Waals surface area (Å²) in [6, 6.07) is 0. The highest BCUT2D eigenvalue weighted by Crippen LogP contribution is 2.31. The smallest absolute Gasteiger partial charge is 0.234 e. The molecule has 0 spiro atoms. The van der Waals surface area contributed by atoms with Crippen LogP contribution in [-0.2, 0) is 4.79 Å². The fourth-order valence-electron chi connectivity index (χ4n) is 0.941. The number of hydrogen-bond acceptors (Lipinski definition) is 1. The molecule has 1 unspecified atom stereocenters. The first-order valence-electron chi connectivity index (χ1n) is 3.82. The van der Waals surface area contributed by atoms with E-state index in [0.717, 1.165) is 0 Å². The second-order valence-corrected chi connectivity index (χ2v) is 4.60. The molecular formula is C10H12BrNO. The number of alkyl halides is 1. The van der Waals surface area contributed by atoms with Crippen molar-refractivity contribution in [2.75, 3.05) is 0 Å². The quantitative estimate of drug-likeness (QED) is 0.585. The van der Waals surface area contributed by atoms with Gasteiger partial charge in [0.2, 0.25) is 5.91 Å². The molecule has 1 amide bonds. The van der Waals surface area contributed by atoms with E-state index in [2.05, 4.69) is 27.8 Å². The van der Waals surface area contributed by atoms with Crippen LogP contribution in [0.15, 0.2) is 0 Å². The van der Waals surface area contributed by atoms with Crippen molar-refractivity contribution in [3.05, 3.63) is 0 Å². The zero-order chi connectivity index (χ0) is 10.5. The van der Waals surface area contributed by atoms with Crippen molar-refractivity contribution in [2.24, 2.45) is 11.7 Å². The maximum Gasteiger partial charge on any atom is 0.234 e. The van der Waals surface area contributed by atoms with Gasteiger partial charge in [0.05, 0.1) is 0 Å². The van der Waals surface area contributed by atoms with E-state index in [4.69, 9.17) is 18.6 Å². The molecule has 0 aliphatic carbocycles. The second kappa shape index (κ2) is 4.94. The molecule has 0 bridgehead atoms. The number of amides is 1. The number of primary amides is 1. The Morgan fingerprint density at radius 1 is 1.54 bits per heavy atom. The van der Waals surface area contributed by atoms with E-state index >= 15 is 0 Å². The van der Waals surface area contributed by atoms with Crippen molar-refractivity contribution in [2.45, 2.75) is 24.1 Å². The minimum atomic E-state index is -0.814. The zero-order valence-electron chi connectivity index (χ0n) is 7.51. The highest BCUT2D eigenvalue weighted by atomic mass is 79.9. The molecule has 2 nitrogen and oxygen atoms in total.